The zero-order valence-electron chi connectivity index (χ0n) is 13.6. The molecule has 4 nitrogen and oxygen atoms in total. The molecule has 1 amide bonds. The number of likely N-dealkylation sites (N-methyl/N-ethyl adjacent to an activating group) is 1. The number of ether oxygens (including phenoxy) is 1. The molecule has 1 aliphatic rings. The van der Waals surface area contributed by atoms with Crippen LogP contribution in [0.1, 0.15) is 23.6 Å². The van der Waals surface area contributed by atoms with E-state index in [-0.39, 0.29) is 5.91 Å². The lowest BCUT2D eigenvalue weighted by atomic mass is 10.0. The first-order chi connectivity index (χ1) is 10.0. The van der Waals surface area contributed by atoms with Gasteiger partial charge in [0.2, 0.25) is 5.91 Å². The van der Waals surface area contributed by atoms with Gasteiger partial charge in [0.1, 0.15) is 5.75 Å². The van der Waals surface area contributed by atoms with Crippen LogP contribution in [0.3, 0.4) is 0 Å². The summed E-state index contributed by atoms with van der Waals surface area (Å²) in [6.45, 7) is 11.0. The first kappa shape index (κ1) is 15.8. The van der Waals surface area contributed by atoms with Crippen LogP contribution in [0.25, 0.3) is 0 Å². The van der Waals surface area contributed by atoms with E-state index in [4.69, 9.17) is 4.74 Å². The van der Waals surface area contributed by atoms with Crippen LogP contribution >= 0.6 is 0 Å². The number of benzene rings is 1. The minimum atomic E-state index is 0.235. The normalized spacial score (nSPS) is 16.1. The molecule has 0 saturated carbocycles. The number of carbonyl (C=O) groups excluding carboxylic acids is 1. The van der Waals surface area contributed by atoms with E-state index < -0.39 is 0 Å². The SMILES string of the molecule is CCN1CCN(C(=O)Cc2cc(C)c(OC)cc2C)CC1. The van der Waals surface area contributed by atoms with Crippen molar-refractivity contribution in [3.63, 3.8) is 0 Å². The van der Waals surface area contributed by atoms with Crippen LogP contribution in [0.5, 0.6) is 5.75 Å². The number of hydrogen-bond donors (Lipinski definition) is 0. The minimum Gasteiger partial charge on any atom is -0.496 e. The summed E-state index contributed by atoms with van der Waals surface area (Å²) in [4.78, 5) is 16.8. The van der Waals surface area contributed by atoms with Crippen LogP contribution < -0.4 is 4.74 Å². The predicted molar refractivity (Wildman–Crippen MR) is 84.9 cm³/mol. The largest absolute Gasteiger partial charge is 0.496 e. The summed E-state index contributed by atoms with van der Waals surface area (Å²) in [5.41, 5.74) is 3.32. The Morgan fingerprint density at radius 3 is 2.38 bits per heavy atom. The van der Waals surface area contributed by atoms with Gasteiger partial charge < -0.3 is 14.5 Å². The van der Waals surface area contributed by atoms with Gasteiger partial charge in [-0.3, -0.25) is 4.79 Å². The number of methoxy groups -OCH3 is 1. The van der Waals surface area contributed by atoms with E-state index in [1.165, 1.54) is 0 Å². The van der Waals surface area contributed by atoms with Crippen molar-refractivity contribution in [2.75, 3.05) is 39.8 Å². The average Bonchev–Trinajstić information content (AvgIpc) is 2.50. The topological polar surface area (TPSA) is 32.8 Å². The van der Waals surface area contributed by atoms with Gasteiger partial charge in [0, 0.05) is 26.2 Å². The summed E-state index contributed by atoms with van der Waals surface area (Å²) >= 11 is 0. The van der Waals surface area contributed by atoms with Crippen molar-refractivity contribution in [2.45, 2.75) is 27.2 Å². The number of piperazine rings is 1. The monoisotopic (exact) mass is 290 g/mol. The second-order valence-corrected chi connectivity index (χ2v) is 5.74. The molecule has 0 unspecified atom stereocenters. The third kappa shape index (κ3) is 3.76. The molecule has 21 heavy (non-hydrogen) atoms. The number of rotatable bonds is 4. The summed E-state index contributed by atoms with van der Waals surface area (Å²) in [6.07, 6.45) is 0.489. The Morgan fingerprint density at radius 1 is 1.14 bits per heavy atom. The summed E-state index contributed by atoms with van der Waals surface area (Å²) in [5.74, 6) is 1.12. The molecule has 0 aromatic heterocycles. The number of nitrogens with zero attached hydrogens (tertiary/aromatic N) is 2. The molecule has 0 aliphatic carbocycles. The molecule has 0 bridgehead atoms. The smallest absolute Gasteiger partial charge is 0.227 e. The standard InChI is InChI=1S/C17H26N2O2/c1-5-18-6-8-19(9-7-18)17(20)12-15-10-14(3)16(21-4)11-13(15)2/h10-11H,5-9,12H2,1-4H3. The summed E-state index contributed by atoms with van der Waals surface area (Å²) in [5, 5.41) is 0. The molecular weight excluding hydrogens is 264 g/mol. The first-order valence-corrected chi connectivity index (χ1v) is 7.69. The van der Waals surface area contributed by atoms with Gasteiger partial charge in [-0.25, -0.2) is 0 Å². The Labute approximate surface area is 127 Å². The fraction of sp³-hybridized carbons (Fsp3) is 0.588. The number of aryl methyl sites for hydroxylation is 2. The second-order valence-electron chi connectivity index (χ2n) is 5.74. The maximum Gasteiger partial charge on any atom is 0.227 e. The maximum absolute atomic E-state index is 12.5. The van der Waals surface area contributed by atoms with Gasteiger partial charge in [0.05, 0.1) is 13.5 Å². The zero-order valence-corrected chi connectivity index (χ0v) is 13.6. The molecule has 1 aromatic carbocycles. The van der Waals surface area contributed by atoms with Crippen molar-refractivity contribution in [3.05, 3.63) is 28.8 Å². The van der Waals surface area contributed by atoms with Crippen LogP contribution in [0.4, 0.5) is 0 Å². The summed E-state index contributed by atoms with van der Waals surface area (Å²) in [6, 6.07) is 4.10. The average molecular weight is 290 g/mol. The molecule has 1 saturated heterocycles. The summed E-state index contributed by atoms with van der Waals surface area (Å²) in [7, 11) is 1.68. The van der Waals surface area contributed by atoms with E-state index in [1.54, 1.807) is 7.11 Å². The van der Waals surface area contributed by atoms with Crippen molar-refractivity contribution in [1.29, 1.82) is 0 Å². The highest BCUT2D eigenvalue weighted by Crippen LogP contribution is 2.23. The lowest BCUT2D eigenvalue weighted by Crippen LogP contribution is -2.48. The Hall–Kier alpha value is -1.55. The van der Waals surface area contributed by atoms with Crippen LogP contribution in [0, 0.1) is 13.8 Å². The maximum atomic E-state index is 12.5. The molecule has 2 rings (SSSR count). The van der Waals surface area contributed by atoms with E-state index in [9.17, 15) is 4.79 Å². The molecule has 0 N–H and O–H groups in total. The molecule has 1 heterocycles. The fourth-order valence-electron chi connectivity index (χ4n) is 2.85. The molecule has 4 heteroatoms. The van der Waals surface area contributed by atoms with Gasteiger partial charge in [-0.2, -0.15) is 0 Å². The molecule has 0 atom stereocenters. The molecule has 1 aliphatic heterocycles. The van der Waals surface area contributed by atoms with Crippen LogP contribution in [-0.4, -0.2) is 55.5 Å². The second kappa shape index (κ2) is 6.94. The van der Waals surface area contributed by atoms with Gasteiger partial charge in [0.25, 0.3) is 0 Å². The number of amides is 1. The van der Waals surface area contributed by atoms with Gasteiger partial charge in [-0.15, -0.1) is 0 Å². The molecule has 1 fully saturated rings. The lowest BCUT2D eigenvalue weighted by Gasteiger charge is -2.34. The lowest BCUT2D eigenvalue weighted by molar-refractivity contribution is -0.132. The highest BCUT2D eigenvalue weighted by molar-refractivity contribution is 5.79. The Bertz CT molecular complexity index is 506. The zero-order chi connectivity index (χ0) is 15.4. The van der Waals surface area contributed by atoms with E-state index >= 15 is 0 Å². The number of carbonyl (C=O) groups is 1. The van der Waals surface area contributed by atoms with E-state index in [2.05, 4.69) is 17.9 Å². The predicted octanol–water partition coefficient (Wildman–Crippen LogP) is 2.02. The highest BCUT2D eigenvalue weighted by Gasteiger charge is 2.20. The van der Waals surface area contributed by atoms with Gasteiger partial charge >= 0.3 is 0 Å². The molecule has 116 valence electrons. The summed E-state index contributed by atoms with van der Waals surface area (Å²) < 4.78 is 5.33. The van der Waals surface area contributed by atoms with Crippen molar-refractivity contribution in [3.8, 4) is 5.75 Å². The van der Waals surface area contributed by atoms with Crippen molar-refractivity contribution in [2.24, 2.45) is 0 Å². The highest BCUT2D eigenvalue weighted by atomic mass is 16.5. The van der Waals surface area contributed by atoms with Crippen molar-refractivity contribution in [1.82, 2.24) is 9.80 Å². The Balaban J connectivity index is 2.01. The Morgan fingerprint density at radius 2 is 1.81 bits per heavy atom. The molecule has 0 radical (unpaired) electrons. The van der Waals surface area contributed by atoms with Crippen molar-refractivity contribution >= 4 is 5.91 Å². The van der Waals surface area contributed by atoms with Gasteiger partial charge in [-0.1, -0.05) is 13.0 Å². The number of hydrogen-bond acceptors (Lipinski definition) is 3. The Kier molecular flexibility index (Phi) is 5.23. The van der Waals surface area contributed by atoms with Crippen LogP contribution in [-0.2, 0) is 11.2 Å². The first-order valence-electron chi connectivity index (χ1n) is 7.69. The third-order valence-corrected chi connectivity index (χ3v) is 4.37. The van der Waals surface area contributed by atoms with Crippen LogP contribution in [0.2, 0.25) is 0 Å². The van der Waals surface area contributed by atoms with Gasteiger partial charge in [-0.05, 0) is 43.1 Å². The van der Waals surface area contributed by atoms with E-state index in [1.807, 2.05) is 24.8 Å². The van der Waals surface area contributed by atoms with Gasteiger partial charge in [0.15, 0.2) is 0 Å². The quantitative estimate of drug-likeness (QED) is 0.850. The van der Waals surface area contributed by atoms with Crippen molar-refractivity contribution < 1.29 is 9.53 Å². The molecule has 0 spiro atoms. The fourth-order valence-corrected chi connectivity index (χ4v) is 2.85. The van der Waals surface area contributed by atoms with E-state index in [0.29, 0.717) is 6.42 Å². The minimum absolute atomic E-state index is 0.235. The third-order valence-electron chi connectivity index (χ3n) is 4.37. The molecule has 1 aromatic rings. The van der Waals surface area contributed by atoms with Crippen LogP contribution in [0.15, 0.2) is 12.1 Å². The molecular formula is C17H26N2O2. The van der Waals surface area contributed by atoms with E-state index in [0.717, 1.165) is 55.2 Å².